The normalized spacial score (nSPS) is 25.5. The Morgan fingerprint density at radius 1 is 1.47 bits per heavy atom. The molecule has 0 radical (unpaired) electrons. The van der Waals surface area contributed by atoms with Gasteiger partial charge >= 0.3 is 5.97 Å². The third kappa shape index (κ3) is 3.14. The molecule has 0 aromatic heterocycles. The van der Waals surface area contributed by atoms with Gasteiger partial charge in [0.1, 0.15) is 0 Å². The van der Waals surface area contributed by atoms with Crippen LogP contribution in [-0.2, 0) is 0 Å². The minimum Gasteiger partial charge on any atom is -0.478 e. The van der Waals surface area contributed by atoms with Gasteiger partial charge in [-0.25, -0.2) is 4.79 Å². The molecule has 2 rings (SSSR count). The zero-order valence-electron chi connectivity index (χ0n) is 10.6. The molecule has 1 aromatic carbocycles. The highest BCUT2D eigenvalue weighted by atomic mass is 35.5. The number of aliphatic imine (C=N–C) groups is 1. The molecule has 1 fully saturated rings. The van der Waals surface area contributed by atoms with Crippen LogP contribution in [0.15, 0.2) is 23.2 Å². The predicted octanol–water partition coefficient (Wildman–Crippen LogP) is 3.29. The average Bonchev–Trinajstić information content (AvgIpc) is 2.37. The second-order valence-corrected chi connectivity index (χ2v) is 5.23. The second kappa shape index (κ2) is 5.72. The number of aromatic carboxylic acids is 1. The first kappa shape index (κ1) is 14.0. The lowest BCUT2D eigenvalue weighted by Gasteiger charge is -2.26. The molecule has 2 N–H and O–H groups in total. The molecular weight excluding hydrogens is 266 g/mol. The van der Waals surface area contributed by atoms with E-state index in [1.54, 1.807) is 0 Å². The Labute approximate surface area is 116 Å². The summed E-state index contributed by atoms with van der Waals surface area (Å²) in [5.41, 5.74) is 1.49. The number of carboxylic acid groups (broad SMARTS) is 1. The second-order valence-electron chi connectivity index (χ2n) is 4.82. The van der Waals surface area contributed by atoms with E-state index < -0.39 is 5.97 Å². The molecule has 0 saturated heterocycles. The van der Waals surface area contributed by atoms with Crippen LogP contribution in [-0.4, -0.2) is 28.0 Å². The van der Waals surface area contributed by atoms with Crippen molar-refractivity contribution in [2.45, 2.75) is 32.3 Å². The summed E-state index contributed by atoms with van der Waals surface area (Å²) in [6.45, 7) is 1.93. The van der Waals surface area contributed by atoms with Gasteiger partial charge in [0.05, 0.1) is 22.4 Å². The molecule has 0 spiro atoms. The van der Waals surface area contributed by atoms with Crippen molar-refractivity contribution in [3.8, 4) is 0 Å². The van der Waals surface area contributed by atoms with Gasteiger partial charge in [-0.15, -0.1) is 0 Å². The van der Waals surface area contributed by atoms with Crippen LogP contribution in [0.1, 0.15) is 36.5 Å². The van der Waals surface area contributed by atoms with E-state index in [1.807, 2.05) is 6.92 Å². The lowest BCUT2D eigenvalue weighted by Crippen LogP contribution is -2.30. The van der Waals surface area contributed by atoms with E-state index in [1.165, 1.54) is 18.2 Å². The van der Waals surface area contributed by atoms with Gasteiger partial charge in [0, 0.05) is 11.6 Å². The number of aliphatic hydroxyl groups is 1. The third-order valence-corrected chi connectivity index (χ3v) is 3.81. The number of carbonyl (C=O) groups is 1. The van der Waals surface area contributed by atoms with Gasteiger partial charge in [0.15, 0.2) is 0 Å². The average molecular weight is 282 g/mol. The molecule has 1 saturated carbocycles. The van der Waals surface area contributed by atoms with Crippen molar-refractivity contribution >= 4 is 29.0 Å². The smallest absolute Gasteiger partial charge is 0.335 e. The molecular formula is C14H16ClNO3. The van der Waals surface area contributed by atoms with Crippen molar-refractivity contribution in [1.82, 2.24) is 0 Å². The minimum atomic E-state index is -1.00. The number of hydrogen-bond acceptors (Lipinski definition) is 3. The molecule has 102 valence electrons. The maximum atomic E-state index is 10.9. The molecule has 0 aliphatic heterocycles. The maximum absolute atomic E-state index is 10.9. The fraction of sp³-hybridized carbons (Fsp3) is 0.429. The van der Waals surface area contributed by atoms with E-state index in [2.05, 4.69) is 4.99 Å². The lowest BCUT2D eigenvalue weighted by molar-refractivity contribution is 0.0697. The molecule has 19 heavy (non-hydrogen) atoms. The Morgan fingerprint density at radius 2 is 2.21 bits per heavy atom. The Bertz CT molecular complexity index is 527. The number of rotatable bonds is 2. The molecule has 1 aromatic rings. The van der Waals surface area contributed by atoms with E-state index in [9.17, 15) is 9.90 Å². The van der Waals surface area contributed by atoms with E-state index in [4.69, 9.17) is 16.7 Å². The van der Waals surface area contributed by atoms with Crippen LogP contribution >= 0.6 is 11.6 Å². The zero-order valence-corrected chi connectivity index (χ0v) is 11.4. The largest absolute Gasteiger partial charge is 0.478 e. The van der Waals surface area contributed by atoms with Gasteiger partial charge in [0.2, 0.25) is 0 Å². The van der Waals surface area contributed by atoms with Crippen molar-refractivity contribution in [3.63, 3.8) is 0 Å². The van der Waals surface area contributed by atoms with Gasteiger partial charge in [-0.3, -0.25) is 4.99 Å². The van der Waals surface area contributed by atoms with Gasteiger partial charge in [-0.2, -0.15) is 0 Å². The number of nitrogens with zero attached hydrogens (tertiary/aromatic N) is 1. The predicted molar refractivity (Wildman–Crippen MR) is 74.5 cm³/mol. The molecule has 0 amide bonds. The molecule has 2 atom stereocenters. The van der Waals surface area contributed by atoms with Crippen LogP contribution in [0, 0.1) is 5.92 Å². The van der Waals surface area contributed by atoms with Gasteiger partial charge in [-0.05, 0) is 37.5 Å². The fourth-order valence-corrected chi connectivity index (χ4v) is 2.40. The van der Waals surface area contributed by atoms with Gasteiger partial charge < -0.3 is 10.2 Å². The number of halogens is 1. The first-order chi connectivity index (χ1) is 8.99. The highest BCUT2D eigenvalue weighted by Gasteiger charge is 2.24. The summed E-state index contributed by atoms with van der Waals surface area (Å²) in [5, 5.41) is 19.2. The molecule has 5 heteroatoms. The molecule has 1 aliphatic carbocycles. The summed E-state index contributed by atoms with van der Waals surface area (Å²) >= 11 is 6.04. The number of hydrogen-bond donors (Lipinski definition) is 2. The van der Waals surface area contributed by atoms with Crippen LogP contribution in [0.3, 0.4) is 0 Å². The quantitative estimate of drug-likeness (QED) is 0.874. The van der Waals surface area contributed by atoms with Crippen molar-refractivity contribution < 1.29 is 15.0 Å². The summed E-state index contributed by atoms with van der Waals surface area (Å²) in [5.74, 6) is -1.02. The summed E-state index contributed by atoms with van der Waals surface area (Å²) in [7, 11) is 0. The van der Waals surface area contributed by atoms with Crippen LogP contribution in [0.2, 0.25) is 5.02 Å². The fourth-order valence-electron chi connectivity index (χ4n) is 2.24. The number of carboxylic acids is 1. The monoisotopic (exact) mass is 281 g/mol. The zero-order chi connectivity index (χ0) is 14.0. The van der Waals surface area contributed by atoms with Crippen molar-refractivity contribution in [1.29, 1.82) is 0 Å². The van der Waals surface area contributed by atoms with E-state index in [0.717, 1.165) is 25.0 Å². The van der Waals surface area contributed by atoms with E-state index >= 15 is 0 Å². The van der Waals surface area contributed by atoms with Crippen LogP contribution in [0.5, 0.6) is 0 Å². The molecule has 1 aliphatic rings. The first-order valence-electron chi connectivity index (χ1n) is 6.27. The van der Waals surface area contributed by atoms with Gasteiger partial charge in [0.25, 0.3) is 0 Å². The first-order valence-corrected chi connectivity index (χ1v) is 6.65. The summed E-state index contributed by atoms with van der Waals surface area (Å²) in [6, 6.07) is 4.45. The standard InChI is InChI=1S/C14H16ClNO3/c1-8-11(3-2-4-13(8)17)16-12-7-9(14(18)19)5-6-10(12)15/h5-8,13,17H,2-4H2,1H3,(H,18,19). The molecule has 2 unspecified atom stereocenters. The molecule has 4 nitrogen and oxygen atoms in total. The summed E-state index contributed by atoms with van der Waals surface area (Å²) in [6.07, 6.45) is 2.10. The SMILES string of the molecule is CC1C(=Nc2cc(C(=O)O)ccc2Cl)CCCC1O. The molecule has 0 bridgehead atoms. The summed E-state index contributed by atoms with van der Waals surface area (Å²) in [4.78, 5) is 15.4. The van der Waals surface area contributed by atoms with E-state index in [-0.39, 0.29) is 17.6 Å². The Kier molecular flexibility index (Phi) is 4.22. The van der Waals surface area contributed by atoms with Crippen molar-refractivity contribution in [2.24, 2.45) is 10.9 Å². The van der Waals surface area contributed by atoms with Gasteiger partial charge in [-0.1, -0.05) is 18.5 Å². The van der Waals surface area contributed by atoms with E-state index in [0.29, 0.717) is 10.7 Å². The Balaban J connectivity index is 2.36. The van der Waals surface area contributed by atoms with Crippen LogP contribution in [0.4, 0.5) is 5.69 Å². The lowest BCUT2D eigenvalue weighted by atomic mass is 9.86. The molecule has 0 heterocycles. The topological polar surface area (TPSA) is 69.9 Å². The third-order valence-electron chi connectivity index (χ3n) is 3.49. The highest BCUT2D eigenvalue weighted by molar-refractivity contribution is 6.33. The Morgan fingerprint density at radius 3 is 2.89 bits per heavy atom. The van der Waals surface area contributed by atoms with Crippen molar-refractivity contribution in [3.05, 3.63) is 28.8 Å². The van der Waals surface area contributed by atoms with Crippen LogP contribution in [0.25, 0.3) is 0 Å². The Hall–Kier alpha value is -1.39. The number of aliphatic hydroxyl groups excluding tert-OH is 1. The van der Waals surface area contributed by atoms with Crippen molar-refractivity contribution in [2.75, 3.05) is 0 Å². The summed E-state index contributed by atoms with van der Waals surface area (Å²) < 4.78 is 0. The highest BCUT2D eigenvalue weighted by Crippen LogP contribution is 2.30. The number of benzene rings is 1. The van der Waals surface area contributed by atoms with Crippen LogP contribution < -0.4 is 0 Å². The minimum absolute atomic E-state index is 0.0155. The maximum Gasteiger partial charge on any atom is 0.335 e.